The summed E-state index contributed by atoms with van der Waals surface area (Å²) in [5.74, 6) is 0. The highest BCUT2D eigenvalue weighted by molar-refractivity contribution is 7.99. The summed E-state index contributed by atoms with van der Waals surface area (Å²) in [4.78, 5) is 5.14. The van der Waals surface area contributed by atoms with Gasteiger partial charge in [-0.15, -0.1) is 0 Å². The molecule has 3 rings (SSSR count). The summed E-state index contributed by atoms with van der Waals surface area (Å²) in [5.41, 5.74) is 2.60. The van der Waals surface area contributed by atoms with E-state index in [4.69, 9.17) is 0 Å². The van der Waals surface area contributed by atoms with Crippen molar-refractivity contribution in [3.8, 4) is 0 Å². The average molecular weight is 322 g/mol. The largest absolute Gasteiger partial charge is 0.0901 e. The van der Waals surface area contributed by atoms with Gasteiger partial charge in [0.2, 0.25) is 0 Å². The zero-order valence-electron chi connectivity index (χ0n) is 12.7. The molecule has 0 amide bonds. The number of aryl methyl sites for hydroxylation is 2. The van der Waals surface area contributed by atoms with Crippen molar-refractivity contribution < 1.29 is 0 Å². The molecule has 0 bridgehead atoms. The molecule has 0 radical (unpaired) electrons. The van der Waals surface area contributed by atoms with E-state index in [2.05, 4.69) is 86.6 Å². The van der Waals surface area contributed by atoms with Gasteiger partial charge in [0.25, 0.3) is 0 Å². The Morgan fingerprint density at radius 3 is 1.27 bits per heavy atom. The van der Waals surface area contributed by atoms with Crippen molar-refractivity contribution in [2.24, 2.45) is 0 Å². The maximum Gasteiger partial charge on any atom is 0.0124 e. The fraction of sp³-hybridized carbons (Fsp3) is 0.100. The highest BCUT2D eigenvalue weighted by atomic mass is 32.2. The Balaban J connectivity index is 1.70. The van der Waals surface area contributed by atoms with Gasteiger partial charge in [-0.2, -0.15) is 0 Å². The molecule has 0 N–H and O–H groups in total. The van der Waals surface area contributed by atoms with Gasteiger partial charge in [0.05, 0.1) is 0 Å². The highest BCUT2D eigenvalue weighted by Gasteiger charge is 2.01. The molecule has 0 aromatic heterocycles. The molecular weight excluding hydrogens is 304 g/mol. The monoisotopic (exact) mass is 322 g/mol. The maximum absolute atomic E-state index is 2.22. The van der Waals surface area contributed by atoms with E-state index >= 15 is 0 Å². The molecule has 3 aromatic carbocycles. The van der Waals surface area contributed by atoms with Crippen LogP contribution in [0.2, 0.25) is 0 Å². The third kappa shape index (κ3) is 4.19. The Bertz CT molecular complexity index is 694. The lowest BCUT2D eigenvalue weighted by Gasteiger charge is -2.05. The molecule has 0 heterocycles. The number of hydrogen-bond donors (Lipinski definition) is 0. The van der Waals surface area contributed by atoms with Gasteiger partial charge in [-0.3, -0.25) is 0 Å². The van der Waals surface area contributed by atoms with Crippen molar-refractivity contribution in [3.63, 3.8) is 0 Å². The van der Waals surface area contributed by atoms with Crippen LogP contribution in [0.25, 0.3) is 0 Å². The average Bonchev–Trinajstić information content (AvgIpc) is 2.49. The second-order valence-corrected chi connectivity index (χ2v) is 7.60. The molecule has 0 nitrogen and oxygen atoms in total. The smallest absolute Gasteiger partial charge is 0.0124 e. The predicted molar refractivity (Wildman–Crippen MR) is 97.0 cm³/mol. The summed E-state index contributed by atoms with van der Waals surface area (Å²) in [5, 5.41) is 0. The van der Waals surface area contributed by atoms with Crippen LogP contribution >= 0.6 is 23.5 Å². The van der Waals surface area contributed by atoms with E-state index in [1.807, 2.05) is 23.5 Å². The molecule has 0 atom stereocenters. The van der Waals surface area contributed by atoms with Crippen LogP contribution in [-0.4, -0.2) is 0 Å². The summed E-state index contributed by atoms with van der Waals surface area (Å²) in [6.45, 7) is 4.26. The summed E-state index contributed by atoms with van der Waals surface area (Å²) in [6.07, 6.45) is 0. The third-order valence-corrected chi connectivity index (χ3v) is 5.27. The van der Waals surface area contributed by atoms with Crippen LogP contribution in [-0.2, 0) is 0 Å². The summed E-state index contributed by atoms with van der Waals surface area (Å²) in [7, 11) is 0. The van der Waals surface area contributed by atoms with Crippen LogP contribution in [0.4, 0.5) is 0 Å². The number of benzene rings is 3. The van der Waals surface area contributed by atoms with E-state index in [1.54, 1.807) is 0 Å². The zero-order chi connectivity index (χ0) is 15.4. The molecule has 0 aliphatic heterocycles. The summed E-state index contributed by atoms with van der Waals surface area (Å²) >= 11 is 3.62. The zero-order valence-corrected chi connectivity index (χ0v) is 14.4. The Labute approximate surface area is 141 Å². The van der Waals surface area contributed by atoms with E-state index < -0.39 is 0 Å². The first-order chi connectivity index (χ1) is 10.7. The Morgan fingerprint density at radius 2 is 0.909 bits per heavy atom. The lowest BCUT2D eigenvalue weighted by Crippen LogP contribution is -1.78. The lowest BCUT2D eigenvalue weighted by molar-refractivity contribution is 1.31. The first-order valence-electron chi connectivity index (χ1n) is 7.28. The molecule has 0 unspecified atom stereocenters. The Hall–Kier alpha value is -1.64. The number of hydrogen-bond acceptors (Lipinski definition) is 2. The topological polar surface area (TPSA) is 0 Å². The second kappa shape index (κ2) is 7.08. The van der Waals surface area contributed by atoms with Crippen LogP contribution in [0.5, 0.6) is 0 Å². The minimum absolute atomic E-state index is 1.28. The molecular formula is C20H18S2. The molecule has 22 heavy (non-hydrogen) atoms. The molecule has 0 saturated carbocycles. The molecule has 3 aromatic rings. The molecule has 2 heteroatoms. The van der Waals surface area contributed by atoms with Crippen molar-refractivity contribution in [3.05, 3.63) is 83.9 Å². The van der Waals surface area contributed by atoms with Crippen LogP contribution in [0, 0.1) is 13.8 Å². The molecule has 0 saturated heterocycles. The first kappa shape index (κ1) is 15.3. The minimum Gasteiger partial charge on any atom is -0.0901 e. The molecule has 110 valence electrons. The molecule has 0 aliphatic rings. The van der Waals surface area contributed by atoms with Crippen molar-refractivity contribution in [2.45, 2.75) is 33.4 Å². The van der Waals surface area contributed by atoms with Crippen LogP contribution in [0.15, 0.2) is 92.4 Å². The quantitative estimate of drug-likeness (QED) is 0.530. The normalized spacial score (nSPS) is 10.6. The van der Waals surface area contributed by atoms with Gasteiger partial charge in [0, 0.05) is 19.6 Å². The molecule has 0 aliphatic carbocycles. The van der Waals surface area contributed by atoms with Gasteiger partial charge in [-0.25, -0.2) is 0 Å². The van der Waals surface area contributed by atoms with Crippen molar-refractivity contribution in [1.82, 2.24) is 0 Å². The van der Waals surface area contributed by atoms with Crippen molar-refractivity contribution in [1.29, 1.82) is 0 Å². The third-order valence-electron chi connectivity index (χ3n) is 3.27. The summed E-state index contributed by atoms with van der Waals surface area (Å²) in [6, 6.07) is 26.0. The van der Waals surface area contributed by atoms with E-state index in [-0.39, 0.29) is 0 Å². The summed E-state index contributed by atoms with van der Waals surface area (Å²) < 4.78 is 0. The SMILES string of the molecule is Cc1cccc(Sc2ccc(Sc3cccc(C)c3)cc2)c1. The van der Waals surface area contributed by atoms with E-state index in [9.17, 15) is 0 Å². The Kier molecular flexibility index (Phi) is 4.91. The van der Waals surface area contributed by atoms with Crippen molar-refractivity contribution >= 4 is 23.5 Å². The van der Waals surface area contributed by atoms with E-state index in [0.29, 0.717) is 0 Å². The molecule has 0 fully saturated rings. The van der Waals surface area contributed by atoms with Gasteiger partial charge in [-0.05, 0) is 62.4 Å². The van der Waals surface area contributed by atoms with Crippen molar-refractivity contribution in [2.75, 3.05) is 0 Å². The van der Waals surface area contributed by atoms with Crippen LogP contribution in [0.3, 0.4) is 0 Å². The standard InChI is InChI=1S/C20H18S2/c1-15-5-3-7-19(13-15)21-17-9-11-18(12-10-17)22-20-8-4-6-16(2)14-20/h3-14H,1-2H3. The fourth-order valence-corrected chi connectivity index (χ4v) is 4.08. The second-order valence-electron chi connectivity index (χ2n) is 5.31. The van der Waals surface area contributed by atoms with Gasteiger partial charge in [0.1, 0.15) is 0 Å². The predicted octanol–water partition coefficient (Wildman–Crippen LogP) is 6.61. The van der Waals surface area contributed by atoms with E-state index in [1.165, 1.54) is 30.7 Å². The first-order valence-corrected chi connectivity index (χ1v) is 8.91. The fourth-order valence-electron chi connectivity index (χ4n) is 2.21. The van der Waals surface area contributed by atoms with Gasteiger partial charge in [0.15, 0.2) is 0 Å². The minimum atomic E-state index is 1.28. The number of rotatable bonds is 4. The molecule has 0 spiro atoms. The highest BCUT2D eigenvalue weighted by Crippen LogP contribution is 2.32. The van der Waals surface area contributed by atoms with Crippen LogP contribution in [0.1, 0.15) is 11.1 Å². The van der Waals surface area contributed by atoms with E-state index in [0.717, 1.165) is 0 Å². The van der Waals surface area contributed by atoms with Gasteiger partial charge in [-0.1, -0.05) is 58.9 Å². The van der Waals surface area contributed by atoms with Gasteiger partial charge >= 0.3 is 0 Å². The Morgan fingerprint density at radius 1 is 0.500 bits per heavy atom. The van der Waals surface area contributed by atoms with Crippen LogP contribution < -0.4 is 0 Å². The maximum atomic E-state index is 2.22. The van der Waals surface area contributed by atoms with Gasteiger partial charge < -0.3 is 0 Å². The lowest BCUT2D eigenvalue weighted by atomic mass is 10.2.